The maximum atomic E-state index is 11.7. The van der Waals surface area contributed by atoms with Crippen LogP contribution in [0.15, 0.2) is 0 Å². The summed E-state index contributed by atoms with van der Waals surface area (Å²) >= 11 is 21.6. The van der Waals surface area contributed by atoms with Gasteiger partial charge in [0.2, 0.25) is 0 Å². The zero-order valence-electron chi connectivity index (χ0n) is 13.6. The smallest absolute Gasteiger partial charge is 0.321 e. The number of rotatable bonds is 9. The molecule has 0 bridgehead atoms. The summed E-state index contributed by atoms with van der Waals surface area (Å²) in [5, 5.41) is 0. The molecular formula is C14H15Cl4O9. The number of hydrogen-bond acceptors (Lipinski definition) is 9. The van der Waals surface area contributed by atoms with Crippen molar-refractivity contribution in [3.8, 4) is 0 Å². The number of carbonyl (C=O) groups is 4. The second kappa shape index (κ2) is 12.5. The highest BCUT2D eigenvalue weighted by atomic mass is 35.5. The second-order valence-electron chi connectivity index (χ2n) is 4.89. The van der Waals surface area contributed by atoms with E-state index in [0.29, 0.717) is 0 Å². The van der Waals surface area contributed by atoms with Crippen molar-refractivity contribution in [2.45, 2.75) is 24.4 Å². The van der Waals surface area contributed by atoms with Gasteiger partial charge in [-0.2, -0.15) is 0 Å². The molecule has 1 radical (unpaired) electrons. The fourth-order valence-corrected chi connectivity index (χ4v) is 2.27. The molecule has 0 aromatic heterocycles. The molecule has 0 aromatic rings. The van der Waals surface area contributed by atoms with Gasteiger partial charge < -0.3 is 23.7 Å². The van der Waals surface area contributed by atoms with E-state index in [1.165, 1.54) is 0 Å². The monoisotopic (exact) mass is 467 g/mol. The lowest BCUT2D eigenvalue weighted by Crippen LogP contribution is -2.57. The summed E-state index contributed by atoms with van der Waals surface area (Å²) in [5.41, 5.74) is 0. The third-order valence-electron chi connectivity index (χ3n) is 3.05. The summed E-state index contributed by atoms with van der Waals surface area (Å²) in [7, 11) is 0. The minimum absolute atomic E-state index is 0.395. The van der Waals surface area contributed by atoms with Crippen molar-refractivity contribution in [2.75, 3.05) is 30.1 Å². The molecule has 1 fully saturated rings. The molecular weight excluding hydrogens is 454 g/mol. The van der Waals surface area contributed by atoms with Crippen LogP contribution in [-0.4, -0.2) is 78.4 Å². The van der Waals surface area contributed by atoms with E-state index in [-0.39, 0.29) is 0 Å². The van der Waals surface area contributed by atoms with E-state index in [0.717, 1.165) is 6.61 Å². The van der Waals surface area contributed by atoms with Gasteiger partial charge in [0.1, 0.15) is 42.8 Å². The van der Waals surface area contributed by atoms with Crippen molar-refractivity contribution in [1.29, 1.82) is 0 Å². The first-order chi connectivity index (χ1) is 12.9. The molecule has 1 aliphatic rings. The molecule has 0 N–H and O–H groups in total. The van der Waals surface area contributed by atoms with Gasteiger partial charge in [0.25, 0.3) is 0 Å². The van der Waals surface area contributed by atoms with Crippen molar-refractivity contribution in [3.05, 3.63) is 6.61 Å². The maximum absolute atomic E-state index is 11.7. The van der Waals surface area contributed by atoms with E-state index < -0.39 is 78.4 Å². The Hall–Kier alpha value is -1.000. The Kier molecular flexibility index (Phi) is 11.1. The molecule has 1 saturated heterocycles. The lowest BCUT2D eigenvalue weighted by Gasteiger charge is -2.40. The molecule has 0 amide bonds. The standard InChI is InChI=1S/C14H15Cl4O9/c15-1-9(19)24-5-7-13(26-11(21)3-17)14(27-12(22)4-18)8(6-23-7)25-10(20)2-16/h6-8,13-14H,1-5H2/t7-,8+,13+,14-/m1/s1. The third-order valence-corrected chi connectivity index (χ3v) is 3.92. The van der Waals surface area contributed by atoms with Gasteiger partial charge in [0.05, 0.1) is 0 Å². The van der Waals surface area contributed by atoms with Crippen LogP contribution in [0.5, 0.6) is 0 Å². The Morgan fingerprint density at radius 3 is 1.74 bits per heavy atom. The predicted molar refractivity (Wildman–Crippen MR) is 92.7 cm³/mol. The molecule has 4 atom stereocenters. The van der Waals surface area contributed by atoms with Gasteiger partial charge in [-0.15, -0.1) is 46.4 Å². The number of esters is 4. The lowest BCUT2D eigenvalue weighted by atomic mass is 9.99. The number of carbonyl (C=O) groups excluding carboxylic acids is 4. The second-order valence-corrected chi connectivity index (χ2v) is 5.96. The molecule has 153 valence electrons. The van der Waals surface area contributed by atoms with E-state index in [2.05, 4.69) is 0 Å². The van der Waals surface area contributed by atoms with Crippen molar-refractivity contribution in [3.63, 3.8) is 0 Å². The molecule has 0 unspecified atom stereocenters. The molecule has 0 aliphatic carbocycles. The largest absolute Gasteiger partial charge is 0.462 e. The SMILES string of the molecule is O=C(CCl)OC[C@H]1O[CH][C@H](OC(=O)CCl)[C@@H](OC(=O)CCl)[C@H]1OC(=O)CCl. The zero-order valence-corrected chi connectivity index (χ0v) is 16.6. The van der Waals surface area contributed by atoms with Crippen LogP contribution in [0.3, 0.4) is 0 Å². The average molecular weight is 469 g/mol. The normalized spacial score (nSPS) is 24.6. The van der Waals surface area contributed by atoms with E-state index >= 15 is 0 Å². The van der Waals surface area contributed by atoms with Crippen LogP contribution in [0, 0.1) is 6.61 Å². The summed E-state index contributed by atoms with van der Waals surface area (Å²) in [4.78, 5) is 46.1. The molecule has 0 aromatic carbocycles. The van der Waals surface area contributed by atoms with Crippen LogP contribution in [0.25, 0.3) is 0 Å². The zero-order chi connectivity index (χ0) is 20.4. The van der Waals surface area contributed by atoms with Crippen LogP contribution in [-0.2, 0) is 42.9 Å². The van der Waals surface area contributed by atoms with Gasteiger partial charge in [-0.3, -0.25) is 19.2 Å². The Bertz CT molecular complexity index is 545. The molecule has 0 saturated carbocycles. The third kappa shape index (κ3) is 7.87. The highest BCUT2D eigenvalue weighted by Crippen LogP contribution is 2.27. The fourth-order valence-electron chi connectivity index (χ4n) is 2.00. The number of hydrogen-bond donors (Lipinski definition) is 0. The van der Waals surface area contributed by atoms with E-state index in [1.54, 1.807) is 0 Å². The maximum Gasteiger partial charge on any atom is 0.321 e. The molecule has 27 heavy (non-hydrogen) atoms. The molecule has 9 nitrogen and oxygen atoms in total. The minimum atomic E-state index is -1.34. The molecule has 13 heteroatoms. The van der Waals surface area contributed by atoms with Crippen LogP contribution in [0.4, 0.5) is 0 Å². The fraction of sp³-hybridized carbons (Fsp3) is 0.643. The van der Waals surface area contributed by atoms with Crippen molar-refractivity contribution in [1.82, 2.24) is 0 Å². The van der Waals surface area contributed by atoms with Crippen molar-refractivity contribution in [2.24, 2.45) is 0 Å². The summed E-state index contributed by atoms with van der Waals surface area (Å²) < 4.78 is 25.5. The first kappa shape index (κ1) is 24.0. The first-order valence-electron chi connectivity index (χ1n) is 7.33. The van der Waals surface area contributed by atoms with E-state index in [1.807, 2.05) is 0 Å². The average Bonchev–Trinajstić information content (AvgIpc) is 2.68. The quantitative estimate of drug-likeness (QED) is 0.275. The molecule has 1 rings (SSSR count). The van der Waals surface area contributed by atoms with Crippen LogP contribution < -0.4 is 0 Å². The lowest BCUT2D eigenvalue weighted by molar-refractivity contribution is -0.217. The number of ether oxygens (including phenoxy) is 5. The van der Waals surface area contributed by atoms with Crippen LogP contribution >= 0.6 is 46.4 Å². The Balaban J connectivity index is 3.05. The van der Waals surface area contributed by atoms with E-state index in [9.17, 15) is 19.2 Å². The van der Waals surface area contributed by atoms with Crippen molar-refractivity contribution >= 4 is 70.3 Å². The van der Waals surface area contributed by atoms with Crippen LogP contribution in [0.2, 0.25) is 0 Å². The van der Waals surface area contributed by atoms with E-state index in [4.69, 9.17) is 70.1 Å². The van der Waals surface area contributed by atoms with Gasteiger partial charge in [-0.05, 0) is 0 Å². The first-order valence-corrected chi connectivity index (χ1v) is 9.46. The van der Waals surface area contributed by atoms with Gasteiger partial charge in [0.15, 0.2) is 18.3 Å². The Labute approximate surface area is 174 Å². The Morgan fingerprint density at radius 1 is 0.741 bits per heavy atom. The van der Waals surface area contributed by atoms with Gasteiger partial charge in [-0.25, -0.2) is 0 Å². The van der Waals surface area contributed by atoms with Crippen molar-refractivity contribution < 1.29 is 42.9 Å². The van der Waals surface area contributed by atoms with Crippen LogP contribution in [0.1, 0.15) is 0 Å². The van der Waals surface area contributed by atoms with Gasteiger partial charge >= 0.3 is 23.9 Å². The summed E-state index contributed by atoms with van der Waals surface area (Å²) in [6.07, 6.45) is -5.03. The number of halogens is 4. The Morgan fingerprint density at radius 2 is 1.22 bits per heavy atom. The molecule has 1 heterocycles. The minimum Gasteiger partial charge on any atom is -0.462 e. The number of alkyl halides is 4. The highest BCUT2D eigenvalue weighted by Gasteiger charge is 2.48. The summed E-state index contributed by atoms with van der Waals surface area (Å²) in [6, 6.07) is 0. The highest BCUT2D eigenvalue weighted by molar-refractivity contribution is 6.27. The van der Waals surface area contributed by atoms with Gasteiger partial charge in [0, 0.05) is 0 Å². The topological polar surface area (TPSA) is 114 Å². The molecule has 0 spiro atoms. The van der Waals surface area contributed by atoms with Gasteiger partial charge in [-0.1, -0.05) is 0 Å². The summed E-state index contributed by atoms with van der Waals surface area (Å²) in [5.74, 6) is -5.29. The summed E-state index contributed by atoms with van der Waals surface area (Å²) in [6.45, 7) is 0.633. The predicted octanol–water partition coefficient (Wildman–Crippen LogP) is 0.781. The molecule has 1 aliphatic heterocycles.